The zero-order chi connectivity index (χ0) is 19.5. The van der Waals surface area contributed by atoms with E-state index < -0.39 is 5.43 Å². The minimum absolute atomic E-state index is 0.127. The van der Waals surface area contributed by atoms with Crippen LogP contribution in [-0.4, -0.2) is 40.4 Å². The molecule has 0 atom stereocenters. The van der Waals surface area contributed by atoms with Crippen LogP contribution in [0.1, 0.15) is 97.4 Å². The van der Waals surface area contributed by atoms with Crippen LogP contribution in [0.2, 0.25) is 0 Å². The molecule has 2 aliphatic carbocycles. The van der Waals surface area contributed by atoms with Crippen LogP contribution in [0.5, 0.6) is 0 Å². The highest BCUT2D eigenvalue weighted by Crippen LogP contribution is 2.28. The van der Waals surface area contributed by atoms with Gasteiger partial charge in [-0.15, -0.1) is 0 Å². The Kier molecular flexibility index (Phi) is 5.83. The monoisotopic (exact) mass is 385 g/mol. The van der Waals surface area contributed by atoms with E-state index >= 15 is 0 Å². The molecule has 152 valence electrons. The fraction of sp³-hybridized carbons (Fsp3) is 0.682. The summed E-state index contributed by atoms with van der Waals surface area (Å²) in [6.45, 7) is 1.39. The third kappa shape index (κ3) is 4.01. The van der Waals surface area contributed by atoms with Gasteiger partial charge in [0.25, 0.3) is 11.8 Å². The van der Waals surface area contributed by atoms with Gasteiger partial charge < -0.3 is 14.8 Å². The SMILES string of the molecule is O=C(NC1CCCC1)c1cn(C2CCCCC2)cc(C(=O)N2CCCC2)c1=O. The van der Waals surface area contributed by atoms with Crippen molar-refractivity contribution in [1.82, 2.24) is 14.8 Å². The van der Waals surface area contributed by atoms with E-state index in [9.17, 15) is 14.4 Å². The fourth-order valence-electron chi connectivity index (χ4n) is 4.93. The number of aromatic nitrogens is 1. The normalized spacial score (nSPS) is 21.2. The molecule has 3 fully saturated rings. The van der Waals surface area contributed by atoms with Crippen molar-refractivity contribution in [2.75, 3.05) is 13.1 Å². The maximum atomic E-state index is 13.1. The third-order valence-electron chi connectivity index (χ3n) is 6.60. The van der Waals surface area contributed by atoms with Crippen LogP contribution in [0, 0.1) is 0 Å². The largest absolute Gasteiger partial charge is 0.349 e. The van der Waals surface area contributed by atoms with Crippen molar-refractivity contribution in [3.05, 3.63) is 33.7 Å². The topological polar surface area (TPSA) is 71.4 Å². The molecule has 2 amide bonds. The van der Waals surface area contributed by atoms with E-state index in [0.29, 0.717) is 13.1 Å². The molecular weight excluding hydrogens is 354 g/mol. The first kappa shape index (κ1) is 19.2. The number of amides is 2. The standard InChI is InChI=1S/C22H31N3O3/c26-20-18(21(27)23-16-8-4-5-9-16)14-25(17-10-2-1-3-11-17)15-19(20)22(28)24-12-6-7-13-24/h14-17H,1-13H2,(H,23,27). The first-order valence-corrected chi connectivity index (χ1v) is 11.0. The number of nitrogens with zero attached hydrogens (tertiary/aromatic N) is 2. The summed E-state index contributed by atoms with van der Waals surface area (Å²) in [5, 5.41) is 3.02. The number of rotatable bonds is 4. The molecule has 0 bridgehead atoms. The van der Waals surface area contributed by atoms with Crippen molar-refractivity contribution in [3.63, 3.8) is 0 Å². The van der Waals surface area contributed by atoms with Gasteiger partial charge in [0, 0.05) is 37.6 Å². The summed E-state index contributed by atoms with van der Waals surface area (Å²) in [5.74, 6) is -0.542. The van der Waals surface area contributed by atoms with Crippen LogP contribution in [0.4, 0.5) is 0 Å². The van der Waals surface area contributed by atoms with Gasteiger partial charge >= 0.3 is 0 Å². The molecule has 28 heavy (non-hydrogen) atoms. The van der Waals surface area contributed by atoms with Crippen LogP contribution >= 0.6 is 0 Å². The maximum absolute atomic E-state index is 13.1. The molecule has 0 unspecified atom stereocenters. The Balaban J connectivity index is 1.68. The van der Waals surface area contributed by atoms with E-state index in [0.717, 1.165) is 64.2 Å². The van der Waals surface area contributed by atoms with E-state index in [1.165, 1.54) is 6.42 Å². The van der Waals surface area contributed by atoms with Gasteiger partial charge in [0.15, 0.2) is 0 Å². The molecule has 0 radical (unpaired) electrons. The van der Waals surface area contributed by atoms with E-state index in [-0.39, 0.29) is 35.0 Å². The van der Waals surface area contributed by atoms with Gasteiger partial charge in [-0.1, -0.05) is 32.1 Å². The minimum Gasteiger partial charge on any atom is -0.349 e. The van der Waals surface area contributed by atoms with Crippen molar-refractivity contribution in [2.45, 2.75) is 82.7 Å². The molecule has 4 rings (SSSR count). The average molecular weight is 386 g/mol. The summed E-state index contributed by atoms with van der Waals surface area (Å²) in [4.78, 5) is 40.8. The highest BCUT2D eigenvalue weighted by atomic mass is 16.2. The molecule has 1 saturated heterocycles. The van der Waals surface area contributed by atoms with E-state index in [2.05, 4.69) is 5.32 Å². The van der Waals surface area contributed by atoms with Gasteiger partial charge in [-0.3, -0.25) is 14.4 Å². The highest BCUT2D eigenvalue weighted by Gasteiger charge is 2.28. The van der Waals surface area contributed by atoms with Gasteiger partial charge in [-0.2, -0.15) is 0 Å². The van der Waals surface area contributed by atoms with E-state index in [4.69, 9.17) is 0 Å². The first-order valence-electron chi connectivity index (χ1n) is 11.0. The molecule has 6 nitrogen and oxygen atoms in total. The van der Waals surface area contributed by atoms with Crippen molar-refractivity contribution in [3.8, 4) is 0 Å². The van der Waals surface area contributed by atoms with Crippen LogP contribution in [0.3, 0.4) is 0 Å². The average Bonchev–Trinajstić information content (AvgIpc) is 3.42. The zero-order valence-corrected chi connectivity index (χ0v) is 16.6. The number of nitrogens with one attached hydrogen (secondary N) is 1. The van der Waals surface area contributed by atoms with E-state index in [1.807, 2.05) is 4.57 Å². The molecule has 3 aliphatic rings. The number of hydrogen-bond acceptors (Lipinski definition) is 3. The second kappa shape index (κ2) is 8.50. The Labute approximate surface area is 166 Å². The molecule has 1 aromatic heterocycles. The van der Waals surface area contributed by atoms with Gasteiger partial charge in [-0.05, 0) is 38.5 Å². The lowest BCUT2D eigenvalue weighted by atomic mass is 9.95. The zero-order valence-electron chi connectivity index (χ0n) is 16.6. The molecular formula is C22H31N3O3. The minimum atomic E-state index is -0.417. The molecule has 0 aromatic carbocycles. The van der Waals surface area contributed by atoms with Crippen LogP contribution in [0.15, 0.2) is 17.2 Å². The Bertz CT molecular complexity index is 783. The van der Waals surface area contributed by atoms with Crippen LogP contribution in [0.25, 0.3) is 0 Å². The lowest BCUT2D eigenvalue weighted by Gasteiger charge is -2.26. The highest BCUT2D eigenvalue weighted by molar-refractivity contribution is 5.99. The van der Waals surface area contributed by atoms with Gasteiger partial charge in [0.2, 0.25) is 5.43 Å². The second-order valence-corrected chi connectivity index (χ2v) is 8.61. The summed E-state index contributed by atoms with van der Waals surface area (Å²) in [5.41, 5.74) is -0.131. The van der Waals surface area contributed by atoms with Crippen LogP contribution < -0.4 is 10.7 Å². The Hall–Kier alpha value is -2.11. The van der Waals surface area contributed by atoms with Gasteiger partial charge in [0.05, 0.1) is 0 Å². The van der Waals surface area contributed by atoms with Gasteiger partial charge in [-0.25, -0.2) is 0 Å². The van der Waals surface area contributed by atoms with Crippen molar-refractivity contribution >= 4 is 11.8 Å². The van der Waals surface area contributed by atoms with Crippen molar-refractivity contribution in [2.24, 2.45) is 0 Å². The number of carbonyl (C=O) groups is 2. The predicted molar refractivity (Wildman–Crippen MR) is 108 cm³/mol. The lowest BCUT2D eigenvalue weighted by Crippen LogP contribution is -2.39. The fourth-order valence-corrected chi connectivity index (χ4v) is 4.93. The van der Waals surface area contributed by atoms with Gasteiger partial charge in [0.1, 0.15) is 11.1 Å². The quantitative estimate of drug-likeness (QED) is 0.865. The molecule has 1 aromatic rings. The molecule has 6 heteroatoms. The van der Waals surface area contributed by atoms with E-state index in [1.54, 1.807) is 17.3 Å². The molecule has 1 aliphatic heterocycles. The Morgan fingerprint density at radius 3 is 2.11 bits per heavy atom. The lowest BCUT2D eigenvalue weighted by molar-refractivity contribution is 0.0790. The molecule has 2 saturated carbocycles. The number of hydrogen-bond donors (Lipinski definition) is 1. The third-order valence-corrected chi connectivity index (χ3v) is 6.60. The number of likely N-dealkylation sites (tertiary alicyclic amines) is 1. The maximum Gasteiger partial charge on any atom is 0.259 e. The summed E-state index contributed by atoms with van der Waals surface area (Å²) >= 11 is 0. The second-order valence-electron chi connectivity index (χ2n) is 8.61. The molecule has 2 heterocycles. The summed E-state index contributed by atoms with van der Waals surface area (Å²) in [6.07, 6.45) is 15.1. The predicted octanol–water partition coefficient (Wildman–Crippen LogP) is 3.26. The molecule has 1 N–H and O–H groups in total. The summed E-state index contributed by atoms with van der Waals surface area (Å²) < 4.78 is 1.98. The van der Waals surface area contributed by atoms with Crippen LogP contribution in [-0.2, 0) is 0 Å². The Morgan fingerprint density at radius 1 is 0.821 bits per heavy atom. The summed E-state index contributed by atoms with van der Waals surface area (Å²) in [7, 11) is 0. The number of carbonyl (C=O) groups excluding carboxylic acids is 2. The summed E-state index contributed by atoms with van der Waals surface area (Å²) in [6, 6.07) is 0.408. The van der Waals surface area contributed by atoms with Crippen molar-refractivity contribution < 1.29 is 9.59 Å². The Morgan fingerprint density at radius 2 is 1.43 bits per heavy atom. The smallest absolute Gasteiger partial charge is 0.259 e. The molecule has 0 spiro atoms. The van der Waals surface area contributed by atoms with Crippen molar-refractivity contribution in [1.29, 1.82) is 0 Å². The number of pyridine rings is 1. The first-order chi connectivity index (χ1) is 13.6.